The molecule has 1 aliphatic rings. The molecule has 46 heavy (non-hydrogen) atoms. The van der Waals surface area contributed by atoms with Crippen LogP contribution in [0.5, 0.6) is 0 Å². The van der Waals surface area contributed by atoms with Crippen LogP contribution < -0.4 is 9.62 Å². The average molecular weight is 679 g/mol. The van der Waals surface area contributed by atoms with Gasteiger partial charge in [0.1, 0.15) is 12.6 Å². The standard InChI is InChI=1S/C36H37Cl2N3O4S/c1-26-16-18-33(19-17-26)46(44,45)41(32-22-29(37)21-30(38)23-32)25-35(42)40(24-28-12-6-3-7-13-28)34(20-27-10-4-2-5-11-27)36(43)39-31-14-8-9-15-31/h2-7,10-13,16-19,21-23,31,34H,8-9,14-15,20,24-25H2,1H3,(H,39,43)/t34-/m0/s1. The van der Waals surface area contributed by atoms with E-state index in [9.17, 15) is 18.0 Å². The number of aryl methyl sites for hydroxylation is 1. The van der Waals surface area contributed by atoms with Crippen molar-refractivity contribution in [1.29, 1.82) is 0 Å². The van der Waals surface area contributed by atoms with Gasteiger partial charge in [-0.25, -0.2) is 8.42 Å². The summed E-state index contributed by atoms with van der Waals surface area (Å²) in [4.78, 5) is 30.2. The number of nitrogens with zero attached hydrogens (tertiary/aromatic N) is 2. The number of amides is 2. The highest BCUT2D eigenvalue weighted by Crippen LogP contribution is 2.30. The monoisotopic (exact) mass is 677 g/mol. The maximum atomic E-state index is 14.6. The molecule has 0 spiro atoms. The molecule has 0 aliphatic heterocycles. The van der Waals surface area contributed by atoms with Crippen LogP contribution in [0.4, 0.5) is 5.69 Å². The molecule has 2 amide bonds. The number of benzene rings is 4. The summed E-state index contributed by atoms with van der Waals surface area (Å²) in [6.07, 6.45) is 4.10. The topological polar surface area (TPSA) is 86.8 Å². The van der Waals surface area contributed by atoms with E-state index < -0.39 is 28.5 Å². The van der Waals surface area contributed by atoms with Crippen molar-refractivity contribution < 1.29 is 18.0 Å². The van der Waals surface area contributed by atoms with Crippen molar-refractivity contribution >= 4 is 50.7 Å². The number of carbonyl (C=O) groups excluding carboxylic acids is 2. The highest BCUT2D eigenvalue weighted by molar-refractivity contribution is 7.92. The Hall–Kier alpha value is -3.85. The van der Waals surface area contributed by atoms with Gasteiger partial charge in [-0.3, -0.25) is 13.9 Å². The fourth-order valence-electron chi connectivity index (χ4n) is 5.75. The van der Waals surface area contributed by atoms with Crippen LogP contribution in [0.15, 0.2) is 108 Å². The van der Waals surface area contributed by atoms with Gasteiger partial charge in [0.25, 0.3) is 10.0 Å². The number of sulfonamides is 1. The van der Waals surface area contributed by atoms with Crippen molar-refractivity contribution in [2.45, 2.75) is 62.6 Å². The van der Waals surface area contributed by atoms with Crippen molar-refractivity contribution in [2.75, 3.05) is 10.8 Å². The molecule has 240 valence electrons. The second kappa shape index (κ2) is 15.2. The highest BCUT2D eigenvalue weighted by atomic mass is 35.5. The lowest BCUT2D eigenvalue weighted by molar-refractivity contribution is -0.140. The molecule has 1 atom stereocenters. The minimum atomic E-state index is -4.26. The zero-order valence-electron chi connectivity index (χ0n) is 25.6. The first kappa shape index (κ1) is 33.5. The number of halogens is 2. The molecule has 10 heteroatoms. The molecular weight excluding hydrogens is 641 g/mol. The molecule has 0 saturated heterocycles. The molecule has 5 rings (SSSR count). The Labute approximate surface area is 281 Å². The molecule has 0 aromatic heterocycles. The lowest BCUT2D eigenvalue weighted by atomic mass is 10.0. The number of hydrogen-bond acceptors (Lipinski definition) is 4. The Bertz CT molecular complexity index is 1730. The van der Waals surface area contributed by atoms with Crippen molar-refractivity contribution in [3.05, 3.63) is 130 Å². The third-order valence-corrected chi connectivity index (χ3v) is 10.4. The molecule has 0 radical (unpaired) electrons. The predicted octanol–water partition coefficient (Wildman–Crippen LogP) is 7.20. The van der Waals surface area contributed by atoms with E-state index in [0.29, 0.717) is 0 Å². The Morgan fingerprint density at radius 3 is 1.98 bits per heavy atom. The molecular formula is C36H37Cl2N3O4S. The minimum Gasteiger partial charge on any atom is -0.352 e. The summed E-state index contributed by atoms with van der Waals surface area (Å²) in [5.74, 6) is -0.808. The zero-order chi connectivity index (χ0) is 32.7. The number of hydrogen-bond donors (Lipinski definition) is 1. The second-order valence-electron chi connectivity index (χ2n) is 11.7. The van der Waals surface area contributed by atoms with Gasteiger partial charge in [0.2, 0.25) is 11.8 Å². The average Bonchev–Trinajstić information content (AvgIpc) is 3.55. The van der Waals surface area contributed by atoms with Gasteiger partial charge in [-0.05, 0) is 61.2 Å². The Morgan fingerprint density at radius 1 is 0.826 bits per heavy atom. The van der Waals surface area contributed by atoms with Crippen molar-refractivity contribution in [2.24, 2.45) is 0 Å². The maximum Gasteiger partial charge on any atom is 0.264 e. The molecule has 4 aromatic carbocycles. The fourth-order valence-corrected chi connectivity index (χ4v) is 7.66. The first-order valence-corrected chi connectivity index (χ1v) is 17.5. The van der Waals surface area contributed by atoms with Gasteiger partial charge in [0.05, 0.1) is 10.6 Å². The Balaban J connectivity index is 1.57. The molecule has 1 aliphatic carbocycles. The molecule has 0 bridgehead atoms. The summed E-state index contributed by atoms with van der Waals surface area (Å²) >= 11 is 12.7. The van der Waals surface area contributed by atoms with Crippen LogP contribution in [-0.4, -0.2) is 43.8 Å². The van der Waals surface area contributed by atoms with Crippen LogP contribution in [-0.2, 0) is 32.6 Å². The summed E-state index contributed by atoms with van der Waals surface area (Å²) in [5, 5.41) is 3.62. The van der Waals surface area contributed by atoms with Gasteiger partial charge in [0.15, 0.2) is 0 Å². The normalized spacial score (nSPS) is 14.1. The quantitative estimate of drug-likeness (QED) is 0.172. The lowest BCUT2D eigenvalue weighted by Crippen LogP contribution is -2.54. The number of nitrogens with one attached hydrogen (secondary N) is 1. The first-order chi connectivity index (χ1) is 22.1. The predicted molar refractivity (Wildman–Crippen MR) is 183 cm³/mol. The summed E-state index contributed by atoms with van der Waals surface area (Å²) in [6.45, 7) is 1.38. The zero-order valence-corrected chi connectivity index (χ0v) is 27.9. The van der Waals surface area contributed by atoms with Crippen LogP contribution in [0.1, 0.15) is 42.4 Å². The van der Waals surface area contributed by atoms with Crippen molar-refractivity contribution in [3.8, 4) is 0 Å². The van der Waals surface area contributed by atoms with Gasteiger partial charge >= 0.3 is 0 Å². The summed E-state index contributed by atoms with van der Waals surface area (Å²) < 4.78 is 29.4. The molecule has 4 aromatic rings. The van der Waals surface area contributed by atoms with E-state index in [1.807, 2.05) is 67.6 Å². The van der Waals surface area contributed by atoms with E-state index >= 15 is 0 Å². The second-order valence-corrected chi connectivity index (χ2v) is 14.4. The van der Waals surface area contributed by atoms with Crippen LogP contribution >= 0.6 is 23.2 Å². The lowest BCUT2D eigenvalue weighted by Gasteiger charge is -2.34. The summed E-state index contributed by atoms with van der Waals surface area (Å²) in [7, 11) is -4.26. The Morgan fingerprint density at radius 2 is 1.39 bits per heavy atom. The molecule has 1 N–H and O–H groups in total. The van der Waals surface area contributed by atoms with Gasteiger partial charge in [-0.15, -0.1) is 0 Å². The molecule has 7 nitrogen and oxygen atoms in total. The number of rotatable bonds is 12. The third kappa shape index (κ3) is 8.49. The SMILES string of the molecule is Cc1ccc(S(=O)(=O)N(CC(=O)N(Cc2ccccc2)[C@@H](Cc2ccccc2)C(=O)NC2CCCC2)c2cc(Cl)cc(Cl)c2)cc1. The van der Waals surface area contributed by atoms with Crippen LogP contribution in [0.3, 0.4) is 0 Å². The summed E-state index contributed by atoms with van der Waals surface area (Å²) in [6, 6.07) is 28.8. The van der Waals surface area contributed by atoms with Gasteiger partial charge in [0, 0.05) is 29.1 Å². The number of carbonyl (C=O) groups is 2. The molecule has 1 saturated carbocycles. The highest BCUT2D eigenvalue weighted by Gasteiger charge is 2.35. The van der Waals surface area contributed by atoms with E-state index in [1.54, 1.807) is 12.1 Å². The van der Waals surface area contributed by atoms with Crippen molar-refractivity contribution in [3.63, 3.8) is 0 Å². The van der Waals surface area contributed by atoms with E-state index in [0.717, 1.165) is 46.7 Å². The molecule has 1 fully saturated rings. The largest absolute Gasteiger partial charge is 0.352 e. The molecule has 0 unspecified atom stereocenters. The third-order valence-electron chi connectivity index (χ3n) is 8.19. The Kier molecular flexibility index (Phi) is 11.0. The van der Waals surface area contributed by atoms with E-state index in [2.05, 4.69) is 5.32 Å². The number of anilines is 1. The van der Waals surface area contributed by atoms with E-state index in [4.69, 9.17) is 23.2 Å². The van der Waals surface area contributed by atoms with E-state index in [1.165, 1.54) is 35.2 Å². The summed E-state index contributed by atoms with van der Waals surface area (Å²) in [5.41, 5.74) is 2.71. The van der Waals surface area contributed by atoms with Crippen LogP contribution in [0.25, 0.3) is 0 Å². The van der Waals surface area contributed by atoms with Gasteiger partial charge in [-0.2, -0.15) is 0 Å². The first-order valence-electron chi connectivity index (χ1n) is 15.3. The smallest absolute Gasteiger partial charge is 0.264 e. The van der Waals surface area contributed by atoms with Gasteiger partial charge < -0.3 is 10.2 Å². The maximum absolute atomic E-state index is 14.6. The molecule has 0 heterocycles. The van der Waals surface area contributed by atoms with Crippen molar-refractivity contribution in [1.82, 2.24) is 10.2 Å². The van der Waals surface area contributed by atoms with Gasteiger partial charge in [-0.1, -0.05) is 114 Å². The van der Waals surface area contributed by atoms with Crippen LogP contribution in [0, 0.1) is 6.92 Å². The van der Waals surface area contributed by atoms with E-state index in [-0.39, 0.29) is 45.5 Å². The minimum absolute atomic E-state index is 0.0106. The fraction of sp³-hybridized carbons (Fsp3) is 0.278. The van der Waals surface area contributed by atoms with Crippen LogP contribution in [0.2, 0.25) is 10.0 Å².